The number of aliphatic hydroxyl groups excluding tert-OH is 1. The van der Waals surface area contributed by atoms with E-state index < -0.39 is 6.10 Å². The second-order valence-corrected chi connectivity index (χ2v) is 4.01. The SMILES string of the molecule is COc1cc(C(O)c2cc[nH]c2)cc(OC)c1OC. The number of rotatable bonds is 5. The third-order valence-corrected chi connectivity index (χ3v) is 2.94. The molecule has 0 fully saturated rings. The van der Waals surface area contributed by atoms with E-state index in [1.165, 1.54) is 0 Å². The summed E-state index contributed by atoms with van der Waals surface area (Å²) in [6.45, 7) is 0. The standard InChI is InChI=1S/C14H17NO4/c1-17-11-6-10(7-12(18-2)14(11)19-3)13(16)9-4-5-15-8-9/h4-8,13,15-16H,1-3H3. The van der Waals surface area contributed by atoms with Crippen molar-refractivity contribution in [3.05, 3.63) is 41.7 Å². The minimum atomic E-state index is -0.750. The largest absolute Gasteiger partial charge is 0.493 e. The van der Waals surface area contributed by atoms with Gasteiger partial charge in [-0.1, -0.05) is 0 Å². The summed E-state index contributed by atoms with van der Waals surface area (Å²) in [5.74, 6) is 1.55. The number of H-pyrrole nitrogens is 1. The van der Waals surface area contributed by atoms with Crippen molar-refractivity contribution in [2.24, 2.45) is 0 Å². The maximum absolute atomic E-state index is 10.3. The number of hydrogen-bond acceptors (Lipinski definition) is 4. The predicted octanol–water partition coefficient (Wildman–Crippen LogP) is 2.12. The topological polar surface area (TPSA) is 63.7 Å². The molecule has 1 unspecified atom stereocenters. The first-order valence-corrected chi connectivity index (χ1v) is 5.82. The van der Waals surface area contributed by atoms with Gasteiger partial charge in [-0.3, -0.25) is 0 Å². The summed E-state index contributed by atoms with van der Waals surface area (Å²) in [5, 5.41) is 10.3. The van der Waals surface area contributed by atoms with E-state index in [-0.39, 0.29) is 0 Å². The van der Waals surface area contributed by atoms with E-state index in [1.807, 2.05) is 6.07 Å². The Balaban J connectivity index is 2.47. The third kappa shape index (κ3) is 2.51. The van der Waals surface area contributed by atoms with Gasteiger partial charge in [-0.15, -0.1) is 0 Å². The Morgan fingerprint density at radius 1 is 1.00 bits per heavy atom. The van der Waals surface area contributed by atoms with Crippen molar-refractivity contribution in [3.8, 4) is 17.2 Å². The van der Waals surface area contributed by atoms with Crippen molar-refractivity contribution >= 4 is 0 Å². The number of aromatic nitrogens is 1. The number of methoxy groups -OCH3 is 3. The molecule has 0 amide bonds. The molecule has 0 bridgehead atoms. The molecule has 1 heterocycles. The highest BCUT2D eigenvalue weighted by atomic mass is 16.5. The number of ether oxygens (including phenoxy) is 3. The lowest BCUT2D eigenvalue weighted by Crippen LogP contribution is -2.02. The lowest BCUT2D eigenvalue weighted by Gasteiger charge is -2.16. The Hall–Kier alpha value is -2.14. The van der Waals surface area contributed by atoms with Crippen LogP contribution in [0.1, 0.15) is 17.2 Å². The lowest BCUT2D eigenvalue weighted by molar-refractivity contribution is 0.218. The Morgan fingerprint density at radius 2 is 1.63 bits per heavy atom. The van der Waals surface area contributed by atoms with E-state index in [1.54, 1.807) is 45.9 Å². The van der Waals surface area contributed by atoms with E-state index in [9.17, 15) is 5.11 Å². The van der Waals surface area contributed by atoms with Gasteiger partial charge in [0.25, 0.3) is 0 Å². The summed E-state index contributed by atoms with van der Waals surface area (Å²) in [4.78, 5) is 2.91. The van der Waals surface area contributed by atoms with Crippen molar-refractivity contribution in [1.82, 2.24) is 4.98 Å². The van der Waals surface area contributed by atoms with Gasteiger partial charge in [0.05, 0.1) is 21.3 Å². The average Bonchev–Trinajstić information content (AvgIpc) is 2.98. The highest BCUT2D eigenvalue weighted by Crippen LogP contribution is 2.40. The van der Waals surface area contributed by atoms with E-state index >= 15 is 0 Å². The monoisotopic (exact) mass is 263 g/mol. The third-order valence-electron chi connectivity index (χ3n) is 2.94. The summed E-state index contributed by atoms with van der Waals surface area (Å²) in [7, 11) is 4.64. The zero-order valence-electron chi connectivity index (χ0n) is 11.1. The van der Waals surface area contributed by atoms with Crippen LogP contribution in [0.15, 0.2) is 30.6 Å². The molecule has 0 spiro atoms. The number of hydrogen-bond donors (Lipinski definition) is 2. The molecule has 0 aliphatic rings. The summed E-state index contributed by atoms with van der Waals surface area (Å²) >= 11 is 0. The van der Waals surface area contributed by atoms with Crippen molar-refractivity contribution < 1.29 is 19.3 Å². The number of benzene rings is 1. The van der Waals surface area contributed by atoms with Crippen LogP contribution in [-0.2, 0) is 0 Å². The first-order chi connectivity index (χ1) is 9.21. The molecule has 2 rings (SSSR count). The van der Waals surface area contributed by atoms with Crippen LogP contribution in [0.3, 0.4) is 0 Å². The molecule has 2 aromatic rings. The highest BCUT2D eigenvalue weighted by molar-refractivity contribution is 5.55. The fourth-order valence-electron chi connectivity index (χ4n) is 1.96. The first-order valence-electron chi connectivity index (χ1n) is 5.82. The van der Waals surface area contributed by atoms with Gasteiger partial charge in [0.15, 0.2) is 11.5 Å². The van der Waals surface area contributed by atoms with Crippen molar-refractivity contribution in [2.45, 2.75) is 6.10 Å². The van der Waals surface area contributed by atoms with Crippen LogP contribution in [0, 0.1) is 0 Å². The number of aromatic amines is 1. The summed E-state index contributed by atoms with van der Waals surface area (Å²) in [5.41, 5.74) is 1.45. The Bertz CT molecular complexity index is 511. The van der Waals surface area contributed by atoms with E-state index in [0.717, 1.165) is 5.56 Å². The van der Waals surface area contributed by atoms with Crippen LogP contribution in [-0.4, -0.2) is 31.4 Å². The van der Waals surface area contributed by atoms with Gasteiger partial charge in [-0.2, -0.15) is 0 Å². The number of nitrogens with one attached hydrogen (secondary N) is 1. The van der Waals surface area contributed by atoms with E-state index in [4.69, 9.17) is 14.2 Å². The molecule has 5 heteroatoms. The second-order valence-electron chi connectivity index (χ2n) is 4.01. The summed E-state index contributed by atoms with van der Waals surface area (Å²) in [6.07, 6.45) is 2.75. The minimum Gasteiger partial charge on any atom is -0.493 e. The predicted molar refractivity (Wildman–Crippen MR) is 71.0 cm³/mol. The summed E-state index contributed by atoms with van der Waals surface area (Å²) in [6, 6.07) is 5.28. The van der Waals surface area contributed by atoms with Crippen LogP contribution in [0.5, 0.6) is 17.2 Å². The lowest BCUT2D eigenvalue weighted by atomic mass is 10.0. The minimum absolute atomic E-state index is 0.509. The Labute approximate surface area is 111 Å². The normalized spacial score (nSPS) is 12.0. The smallest absolute Gasteiger partial charge is 0.203 e. The van der Waals surface area contributed by atoms with Crippen LogP contribution < -0.4 is 14.2 Å². The van der Waals surface area contributed by atoms with Crippen molar-refractivity contribution in [2.75, 3.05) is 21.3 Å². The zero-order chi connectivity index (χ0) is 13.8. The van der Waals surface area contributed by atoms with Gasteiger partial charge in [0, 0.05) is 18.0 Å². The molecule has 0 saturated heterocycles. The molecular formula is C14H17NO4. The van der Waals surface area contributed by atoms with Gasteiger partial charge < -0.3 is 24.3 Å². The number of aliphatic hydroxyl groups is 1. The van der Waals surface area contributed by atoms with Crippen molar-refractivity contribution in [3.63, 3.8) is 0 Å². The van der Waals surface area contributed by atoms with Crippen LogP contribution in [0.4, 0.5) is 0 Å². The van der Waals surface area contributed by atoms with E-state index in [2.05, 4.69) is 4.98 Å². The molecule has 2 N–H and O–H groups in total. The first kappa shape index (κ1) is 13.3. The average molecular weight is 263 g/mol. The molecule has 1 aromatic heterocycles. The van der Waals surface area contributed by atoms with Crippen LogP contribution in [0.25, 0.3) is 0 Å². The van der Waals surface area contributed by atoms with Gasteiger partial charge in [-0.25, -0.2) is 0 Å². The quantitative estimate of drug-likeness (QED) is 0.867. The maximum atomic E-state index is 10.3. The molecular weight excluding hydrogens is 246 g/mol. The van der Waals surface area contributed by atoms with Gasteiger partial charge in [0.2, 0.25) is 5.75 Å². The van der Waals surface area contributed by atoms with Gasteiger partial charge >= 0.3 is 0 Å². The summed E-state index contributed by atoms with van der Waals surface area (Å²) < 4.78 is 15.8. The molecule has 0 saturated carbocycles. The van der Waals surface area contributed by atoms with Gasteiger partial charge in [0.1, 0.15) is 6.10 Å². The van der Waals surface area contributed by atoms with Gasteiger partial charge in [-0.05, 0) is 23.8 Å². The van der Waals surface area contributed by atoms with Crippen molar-refractivity contribution in [1.29, 1.82) is 0 Å². The molecule has 102 valence electrons. The molecule has 0 aliphatic carbocycles. The Kier molecular flexibility index (Phi) is 3.97. The second kappa shape index (κ2) is 5.67. The molecule has 5 nitrogen and oxygen atoms in total. The molecule has 1 aromatic carbocycles. The molecule has 1 atom stereocenters. The zero-order valence-corrected chi connectivity index (χ0v) is 11.1. The molecule has 19 heavy (non-hydrogen) atoms. The van der Waals surface area contributed by atoms with Crippen LogP contribution in [0.2, 0.25) is 0 Å². The van der Waals surface area contributed by atoms with E-state index in [0.29, 0.717) is 22.8 Å². The highest BCUT2D eigenvalue weighted by Gasteiger charge is 2.18. The Morgan fingerprint density at radius 3 is 2.05 bits per heavy atom. The fraction of sp³-hybridized carbons (Fsp3) is 0.286. The molecule has 0 aliphatic heterocycles. The molecule has 0 radical (unpaired) electrons. The van der Waals surface area contributed by atoms with Crippen LogP contribution >= 0.6 is 0 Å². The maximum Gasteiger partial charge on any atom is 0.203 e. The fourth-order valence-corrected chi connectivity index (χ4v) is 1.96.